The largest absolute Gasteiger partial charge is 0.316 e. The highest BCUT2D eigenvalue weighted by atomic mass is 19.1. The summed E-state index contributed by atoms with van der Waals surface area (Å²) in [7, 11) is 0. The summed E-state index contributed by atoms with van der Waals surface area (Å²) >= 11 is 0. The van der Waals surface area contributed by atoms with Crippen LogP contribution in [0.15, 0.2) is 24.3 Å². The minimum Gasteiger partial charge on any atom is -0.316 e. The van der Waals surface area contributed by atoms with Crippen molar-refractivity contribution in [1.29, 1.82) is 0 Å². The lowest BCUT2D eigenvalue weighted by atomic mass is 10.00. The molecular formula is C15H24FN. The molecule has 0 saturated heterocycles. The van der Waals surface area contributed by atoms with Crippen molar-refractivity contribution in [2.75, 3.05) is 13.1 Å². The van der Waals surface area contributed by atoms with E-state index in [0.717, 1.165) is 31.0 Å². The molecule has 2 heteroatoms. The lowest BCUT2D eigenvalue weighted by Crippen LogP contribution is -2.20. The van der Waals surface area contributed by atoms with Gasteiger partial charge in [0, 0.05) is 0 Å². The average Bonchev–Trinajstić information content (AvgIpc) is 2.34. The second kappa shape index (κ2) is 8.24. The van der Waals surface area contributed by atoms with Crippen LogP contribution in [0, 0.1) is 11.7 Å². The van der Waals surface area contributed by atoms with Gasteiger partial charge in [0.25, 0.3) is 0 Å². The molecule has 0 radical (unpaired) electrons. The van der Waals surface area contributed by atoms with Crippen LogP contribution in [-0.4, -0.2) is 13.1 Å². The predicted molar refractivity (Wildman–Crippen MR) is 71.7 cm³/mol. The predicted octanol–water partition coefficient (Wildman–Crippen LogP) is 3.78. The second-order valence-electron chi connectivity index (χ2n) is 4.60. The molecule has 0 bridgehead atoms. The summed E-state index contributed by atoms with van der Waals surface area (Å²) in [5.41, 5.74) is 1.07. The third-order valence-corrected chi connectivity index (χ3v) is 3.36. The van der Waals surface area contributed by atoms with Crippen LogP contribution in [-0.2, 0) is 6.42 Å². The van der Waals surface area contributed by atoms with Gasteiger partial charge in [0.05, 0.1) is 0 Å². The van der Waals surface area contributed by atoms with Crippen molar-refractivity contribution in [2.45, 2.75) is 39.5 Å². The number of hydrogen-bond donors (Lipinski definition) is 1. The lowest BCUT2D eigenvalue weighted by molar-refractivity contribution is 0.440. The number of rotatable bonds is 8. The molecule has 0 atom stereocenters. The highest BCUT2D eigenvalue weighted by Gasteiger charge is 2.02. The minimum absolute atomic E-state index is 0.139. The first kappa shape index (κ1) is 14.2. The maximum absolute atomic E-state index is 12.9. The SMILES string of the molecule is CCC(CC)CCNCCc1cccc(F)c1. The van der Waals surface area contributed by atoms with Crippen LogP contribution >= 0.6 is 0 Å². The van der Waals surface area contributed by atoms with Gasteiger partial charge in [-0.1, -0.05) is 38.8 Å². The van der Waals surface area contributed by atoms with Gasteiger partial charge in [-0.3, -0.25) is 0 Å². The Morgan fingerprint density at radius 2 is 1.94 bits per heavy atom. The average molecular weight is 237 g/mol. The van der Waals surface area contributed by atoms with Crippen molar-refractivity contribution >= 4 is 0 Å². The standard InChI is InChI=1S/C15H24FN/c1-3-13(4-2)8-10-17-11-9-14-6-5-7-15(16)12-14/h5-7,12-13,17H,3-4,8-11H2,1-2H3. The minimum atomic E-state index is -0.139. The smallest absolute Gasteiger partial charge is 0.123 e. The van der Waals surface area contributed by atoms with Gasteiger partial charge in [0.2, 0.25) is 0 Å². The van der Waals surface area contributed by atoms with Crippen LogP contribution in [0.25, 0.3) is 0 Å². The molecule has 0 spiro atoms. The summed E-state index contributed by atoms with van der Waals surface area (Å²) in [6.07, 6.45) is 4.68. The molecule has 0 fully saturated rings. The Kier molecular flexibility index (Phi) is 6.87. The monoisotopic (exact) mass is 237 g/mol. The van der Waals surface area contributed by atoms with Crippen LogP contribution in [0.5, 0.6) is 0 Å². The van der Waals surface area contributed by atoms with E-state index >= 15 is 0 Å². The van der Waals surface area contributed by atoms with Crippen molar-refractivity contribution in [1.82, 2.24) is 5.32 Å². The number of halogens is 1. The molecule has 96 valence electrons. The van der Waals surface area contributed by atoms with E-state index in [1.165, 1.54) is 25.3 Å². The number of benzene rings is 1. The quantitative estimate of drug-likeness (QED) is 0.678. The molecule has 1 N–H and O–H groups in total. The van der Waals surface area contributed by atoms with Gasteiger partial charge in [-0.2, -0.15) is 0 Å². The molecular weight excluding hydrogens is 213 g/mol. The fourth-order valence-corrected chi connectivity index (χ4v) is 2.05. The van der Waals surface area contributed by atoms with E-state index in [0.29, 0.717) is 0 Å². The van der Waals surface area contributed by atoms with Gasteiger partial charge in [-0.05, 0) is 49.5 Å². The van der Waals surface area contributed by atoms with Crippen molar-refractivity contribution in [3.63, 3.8) is 0 Å². The summed E-state index contributed by atoms with van der Waals surface area (Å²) < 4.78 is 12.9. The third-order valence-electron chi connectivity index (χ3n) is 3.36. The molecule has 0 amide bonds. The zero-order valence-electron chi connectivity index (χ0n) is 11.0. The molecule has 1 aromatic rings. The van der Waals surface area contributed by atoms with Crippen LogP contribution in [0.2, 0.25) is 0 Å². The first-order chi connectivity index (χ1) is 8.26. The van der Waals surface area contributed by atoms with Crippen LogP contribution in [0.3, 0.4) is 0 Å². The Morgan fingerprint density at radius 1 is 1.18 bits per heavy atom. The van der Waals surface area contributed by atoms with Crippen molar-refractivity contribution < 1.29 is 4.39 Å². The first-order valence-electron chi connectivity index (χ1n) is 6.71. The topological polar surface area (TPSA) is 12.0 Å². The van der Waals surface area contributed by atoms with Gasteiger partial charge in [0.15, 0.2) is 0 Å². The molecule has 1 aromatic carbocycles. The summed E-state index contributed by atoms with van der Waals surface area (Å²) in [6, 6.07) is 6.85. The van der Waals surface area contributed by atoms with Gasteiger partial charge in [-0.15, -0.1) is 0 Å². The van der Waals surface area contributed by atoms with E-state index < -0.39 is 0 Å². The maximum atomic E-state index is 12.9. The normalized spacial score (nSPS) is 11.1. The molecule has 1 nitrogen and oxygen atoms in total. The summed E-state index contributed by atoms with van der Waals surface area (Å²) in [5, 5.41) is 3.43. The highest BCUT2D eigenvalue weighted by Crippen LogP contribution is 2.11. The Morgan fingerprint density at radius 3 is 2.59 bits per heavy atom. The summed E-state index contributed by atoms with van der Waals surface area (Å²) in [4.78, 5) is 0. The molecule has 0 aliphatic rings. The Balaban J connectivity index is 2.12. The number of nitrogens with one attached hydrogen (secondary N) is 1. The van der Waals surface area contributed by atoms with Crippen molar-refractivity contribution in [2.24, 2.45) is 5.92 Å². The van der Waals surface area contributed by atoms with E-state index in [4.69, 9.17) is 0 Å². The first-order valence-corrected chi connectivity index (χ1v) is 6.71. The van der Waals surface area contributed by atoms with E-state index in [1.54, 1.807) is 12.1 Å². The van der Waals surface area contributed by atoms with Crippen molar-refractivity contribution in [3.8, 4) is 0 Å². The van der Waals surface area contributed by atoms with E-state index in [1.807, 2.05) is 6.07 Å². The van der Waals surface area contributed by atoms with Gasteiger partial charge >= 0.3 is 0 Å². The highest BCUT2D eigenvalue weighted by molar-refractivity contribution is 5.16. The van der Waals surface area contributed by atoms with Gasteiger partial charge < -0.3 is 5.32 Å². The summed E-state index contributed by atoms with van der Waals surface area (Å²) in [6.45, 7) is 6.51. The second-order valence-corrected chi connectivity index (χ2v) is 4.60. The molecule has 0 aliphatic heterocycles. The summed E-state index contributed by atoms with van der Waals surface area (Å²) in [5.74, 6) is 0.705. The third kappa shape index (κ3) is 5.83. The molecule has 0 heterocycles. The molecule has 1 rings (SSSR count). The molecule has 0 unspecified atom stereocenters. The molecule has 0 saturated carbocycles. The maximum Gasteiger partial charge on any atom is 0.123 e. The fourth-order valence-electron chi connectivity index (χ4n) is 2.05. The molecule has 0 aliphatic carbocycles. The van der Waals surface area contributed by atoms with Gasteiger partial charge in [-0.25, -0.2) is 4.39 Å². The van der Waals surface area contributed by atoms with Gasteiger partial charge in [0.1, 0.15) is 5.82 Å². The zero-order valence-corrected chi connectivity index (χ0v) is 11.0. The fraction of sp³-hybridized carbons (Fsp3) is 0.600. The molecule has 17 heavy (non-hydrogen) atoms. The molecule has 0 aromatic heterocycles. The Hall–Kier alpha value is -0.890. The Bertz CT molecular complexity index is 308. The Labute approximate surface area is 104 Å². The van der Waals surface area contributed by atoms with Crippen LogP contribution in [0.1, 0.15) is 38.7 Å². The zero-order chi connectivity index (χ0) is 12.5. The van der Waals surface area contributed by atoms with E-state index in [2.05, 4.69) is 19.2 Å². The number of hydrogen-bond acceptors (Lipinski definition) is 1. The van der Waals surface area contributed by atoms with Crippen molar-refractivity contribution in [3.05, 3.63) is 35.6 Å². The van der Waals surface area contributed by atoms with Crippen LogP contribution < -0.4 is 5.32 Å². The van der Waals surface area contributed by atoms with E-state index in [-0.39, 0.29) is 5.82 Å². The van der Waals surface area contributed by atoms with Crippen LogP contribution in [0.4, 0.5) is 4.39 Å². The van der Waals surface area contributed by atoms with E-state index in [9.17, 15) is 4.39 Å². The lowest BCUT2D eigenvalue weighted by Gasteiger charge is -2.12.